The molecule has 0 aliphatic heterocycles. The van der Waals surface area contributed by atoms with Gasteiger partial charge in [0.05, 0.1) is 6.54 Å². The molecule has 1 aromatic carbocycles. The van der Waals surface area contributed by atoms with Crippen LogP contribution in [0.1, 0.15) is 12.3 Å². The third-order valence-electron chi connectivity index (χ3n) is 3.73. The van der Waals surface area contributed by atoms with E-state index in [-0.39, 0.29) is 24.8 Å². The number of nitrogens with one attached hydrogen (secondary N) is 1. The van der Waals surface area contributed by atoms with E-state index in [0.29, 0.717) is 28.8 Å². The number of nitrogens with zero attached hydrogens (tertiary/aromatic N) is 3. The van der Waals surface area contributed by atoms with Crippen LogP contribution in [0.2, 0.25) is 5.02 Å². The van der Waals surface area contributed by atoms with Crippen LogP contribution in [0.15, 0.2) is 45.6 Å². The summed E-state index contributed by atoms with van der Waals surface area (Å²) in [5.74, 6) is 0.431. The Hall–Kier alpha value is -2.71. The number of hydrogen-bond donors (Lipinski definition) is 1. The fraction of sp³-hybridized carbons (Fsp3) is 0.222. The Morgan fingerprint density at radius 1 is 1.26 bits per heavy atom. The second kappa shape index (κ2) is 8.79. The largest absolute Gasteiger partial charge is 0.339 e. The predicted octanol–water partition coefficient (Wildman–Crippen LogP) is 3.48. The molecule has 0 atom stereocenters. The summed E-state index contributed by atoms with van der Waals surface area (Å²) in [6.45, 7) is -0.0502. The van der Waals surface area contributed by atoms with Crippen LogP contribution in [0.4, 0.5) is 5.69 Å². The van der Waals surface area contributed by atoms with Gasteiger partial charge in [0, 0.05) is 41.5 Å². The summed E-state index contributed by atoms with van der Waals surface area (Å²) in [4.78, 5) is 29.9. The Morgan fingerprint density at radius 3 is 2.74 bits per heavy atom. The number of halogens is 1. The molecular weight excluding hydrogens is 388 g/mol. The Balaban J connectivity index is 1.46. The lowest BCUT2D eigenvalue weighted by molar-refractivity contribution is -0.133. The van der Waals surface area contributed by atoms with E-state index in [4.69, 9.17) is 16.1 Å². The Bertz CT molecular complexity index is 909. The molecule has 0 aliphatic carbocycles. The molecule has 0 radical (unpaired) electrons. The van der Waals surface area contributed by atoms with Crippen molar-refractivity contribution in [3.8, 4) is 11.4 Å². The molecule has 0 saturated carbocycles. The van der Waals surface area contributed by atoms with Crippen LogP contribution in [0, 0.1) is 0 Å². The molecule has 0 bridgehead atoms. The molecule has 7 nitrogen and oxygen atoms in total. The molecule has 2 amide bonds. The highest BCUT2D eigenvalue weighted by Crippen LogP contribution is 2.19. The Kier molecular flexibility index (Phi) is 6.20. The fourth-order valence-corrected chi connectivity index (χ4v) is 3.07. The van der Waals surface area contributed by atoms with Gasteiger partial charge in [-0.2, -0.15) is 16.3 Å². The topological polar surface area (TPSA) is 88.3 Å². The van der Waals surface area contributed by atoms with Crippen LogP contribution in [0.25, 0.3) is 11.4 Å². The van der Waals surface area contributed by atoms with E-state index in [1.54, 1.807) is 42.6 Å². The summed E-state index contributed by atoms with van der Waals surface area (Å²) < 4.78 is 5.17. The van der Waals surface area contributed by atoms with Crippen LogP contribution in [0.3, 0.4) is 0 Å². The summed E-state index contributed by atoms with van der Waals surface area (Å²) in [5.41, 5.74) is 1.51. The van der Waals surface area contributed by atoms with Gasteiger partial charge in [0.2, 0.25) is 23.5 Å². The quantitative estimate of drug-likeness (QED) is 0.651. The first kappa shape index (κ1) is 19.1. The molecule has 0 unspecified atom stereocenters. The third-order valence-corrected chi connectivity index (χ3v) is 4.67. The van der Waals surface area contributed by atoms with Gasteiger partial charge in [-0.25, -0.2) is 0 Å². The van der Waals surface area contributed by atoms with Crippen molar-refractivity contribution in [1.82, 2.24) is 15.0 Å². The van der Waals surface area contributed by atoms with Gasteiger partial charge in [-0.05, 0) is 35.7 Å². The summed E-state index contributed by atoms with van der Waals surface area (Å²) >= 11 is 7.35. The van der Waals surface area contributed by atoms with Crippen molar-refractivity contribution >= 4 is 40.4 Å². The van der Waals surface area contributed by atoms with Crippen molar-refractivity contribution in [2.24, 2.45) is 0 Å². The highest BCUT2D eigenvalue weighted by molar-refractivity contribution is 7.08. The van der Waals surface area contributed by atoms with Crippen molar-refractivity contribution in [1.29, 1.82) is 0 Å². The maximum atomic E-state index is 12.2. The Labute approximate surface area is 164 Å². The van der Waals surface area contributed by atoms with Crippen molar-refractivity contribution in [2.45, 2.75) is 12.8 Å². The molecule has 0 spiro atoms. The highest BCUT2D eigenvalue weighted by atomic mass is 35.5. The molecule has 2 heterocycles. The smallest absolute Gasteiger partial charge is 0.243 e. The summed E-state index contributed by atoms with van der Waals surface area (Å²) in [6.07, 6.45) is 0.495. The lowest BCUT2D eigenvalue weighted by Gasteiger charge is -2.16. The zero-order chi connectivity index (χ0) is 19.2. The van der Waals surface area contributed by atoms with Crippen molar-refractivity contribution in [3.05, 3.63) is 52.0 Å². The lowest BCUT2D eigenvalue weighted by atomic mass is 10.2. The first-order chi connectivity index (χ1) is 13.0. The molecule has 3 rings (SSSR count). The monoisotopic (exact) mass is 404 g/mol. The third kappa shape index (κ3) is 5.38. The number of benzene rings is 1. The number of thiophene rings is 1. The van der Waals surface area contributed by atoms with Crippen LogP contribution in [-0.2, 0) is 16.0 Å². The molecule has 0 aliphatic rings. The van der Waals surface area contributed by atoms with E-state index >= 15 is 0 Å². The second-order valence-corrected chi connectivity index (χ2v) is 7.05. The first-order valence-corrected chi connectivity index (χ1v) is 9.48. The molecule has 140 valence electrons. The first-order valence-electron chi connectivity index (χ1n) is 8.16. The molecule has 0 saturated heterocycles. The minimum Gasteiger partial charge on any atom is -0.339 e. The zero-order valence-corrected chi connectivity index (χ0v) is 16.1. The van der Waals surface area contributed by atoms with Gasteiger partial charge in [-0.3, -0.25) is 9.59 Å². The lowest BCUT2D eigenvalue weighted by Crippen LogP contribution is -2.35. The van der Waals surface area contributed by atoms with Gasteiger partial charge in [-0.15, -0.1) is 0 Å². The van der Waals surface area contributed by atoms with Gasteiger partial charge < -0.3 is 14.7 Å². The van der Waals surface area contributed by atoms with Gasteiger partial charge >= 0.3 is 0 Å². The molecule has 9 heteroatoms. The summed E-state index contributed by atoms with van der Waals surface area (Å²) in [7, 11) is 1.58. The fourth-order valence-electron chi connectivity index (χ4n) is 2.31. The van der Waals surface area contributed by atoms with Crippen molar-refractivity contribution < 1.29 is 14.1 Å². The molecule has 27 heavy (non-hydrogen) atoms. The minimum absolute atomic E-state index is 0.0502. The SMILES string of the molecule is CN(CC(=O)Nc1ccc(Cl)cc1)C(=O)CCc1nc(-c2ccsc2)no1. The maximum absolute atomic E-state index is 12.2. The highest BCUT2D eigenvalue weighted by Gasteiger charge is 2.15. The number of anilines is 1. The normalized spacial score (nSPS) is 10.6. The van der Waals surface area contributed by atoms with E-state index in [1.165, 1.54) is 4.90 Å². The maximum Gasteiger partial charge on any atom is 0.243 e. The van der Waals surface area contributed by atoms with E-state index in [9.17, 15) is 9.59 Å². The van der Waals surface area contributed by atoms with E-state index < -0.39 is 0 Å². The molecule has 3 aromatic rings. The van der Waals surface area contributed by atoms with E-state index in [0.717, 1.165) is 5.56 Å². The summed E-state index contributed by atoms with van der Waals surface area (Å²) in [6, 6.07) is 8.66. The van der Waals surface area contributed by atoms with Gasteiger partial charge in [-0.1, -0.05) is 16.8 Å². The van der Waals surface area contributed by atoms with Gasteiger partial charge in [0.1, 0.15) is 0 Å². The van der Waals surface area contributed by atoms with E-state index in [1.807, 2.05) is 16.8 Å². The zero-order valence-electron chi connectivity index (χ0n) is 14.5. The molecule has 2 aromatic heterocycles. The summed E-state index contributed by atoms with van der Waals surface area (Å²) in [5, 5.41) is 11.1. The number of amides is 2. The number of aromatic nitrogens is 2. The number of carbonyl (C=O) groups is 2. The molecular formula is C18H17ClN4O3S. The van der Waals surface area contributed by atoms with Crippen LogP contribution in [-0.4, -0.2) is 40.4 Å². The van der Waals surface area contributed by atoms with Crippen molar-refractivity contribution in [2.75, 3.05) is 18.9 Å². The van der Waals surface area contributed by atoms with Crippen LogP contribution < -0.4 is 5.32 Å². The standard InChI is InChI=1S/C18H17ClN4O3S/c1-23(10-15(24)20-14-4-2-13(19)3-5-14)17(25)7-6-16-21-18(22-26-16)12-8-9-27-11-12/h2-5,8-9,11H,6-7,10H2,1H3,(H,20,24). The van der Waals surface area contributed by atoms with Crippen molar-refractivity contribution in [3.63, 3.8) is 0 Å². The van der Waals surface area contributed by atoms with Gasteiger partial charge in [0.15, 0.2) is 0 Å². The molecule has 0 fully saturated rings. The van der Waals surface area contributed by atoms with E-state index in [2.05, 4.69) is 15.5 Å². The second-order valence-electron chi connectivity index (χ2n) is 5.83. The number of hydrogen-bond acceptors (Lipinski definition) is 6. The number of likely N-dealkylation sites (N-methyl/N-ethyl adjacent to an activating group) is 1. The number of aryl methyl sites for hydroxylation is 1. The minimum atomic E-state index is -0.286. The average Bonchev–Trinajstić information content (AvgIpc) is 3.33. The van der Waals surface area contributed by atoms with Gasteiger partial charge in [0.25, 0.3) is 0 Å². The van der Waals surface area contributed by atoms with Crippen LogP contribution in [0.5, 0.6) is 0 Å². The molecule has 1 N–H and O–H groups in total. The van der Waals surface area contributed by atoms with Crippen LogP contribution >= 0.6 is 22.9 Å². The Morgan fingerprint density at radius 2 is 2.04 bits per heavy atom. The number of carbonyl (C=O) groups excluding carboxylic acids is 2. The number of rotatable bonds is 7. The predicted molar refractivity (Wildman–Crippen MR) is 104 cm³/mol. The average molecular weight is 405 g/mol.